The van der Waals surface area contributed by atoms with E-state index in [1.807, 2.05) is 43.3 Å². The van der Waals surface area contributed by atoms with Crippen LogP contribution < -0.4 is 5.32 Å². The molecule has 0 aliphatic carbocycles. The van der Waals surface area contributed by atoms with E-state index in [0.29, 0.717) is 38.0 Å². The van der Waals surface area contributed by atoms with E-state index in [-0.39, 0.29) is 16.7 Å². The molecule has 0 radical (unpaired) electrons. The molecular formula is C23H25N3O3S. The van der Waals surface area contributed by atoms with Crippen LogP contribution in [0.4, 0.5) is 0 Å². The highest BCUT2D eigenvalue weighted by molar-refractivity contribution is 7.89. The number of para-hydroxylation sites is 1. The van der Waals surface area contributed by atoms with Gasteiger partial charge >= 0.3 is 0 Å². The number of hydrogen-bond donors (Lipinski definition) is 1. The molecule has 2 heterocycles. The lowest BCUT2D eigenvalue weighted by molar-refractivity contribution is -0.126. The molecule has 2 aromatic carbocycles. The molecule has 30 heavy (non-hydrogen) atoms. The summed E-state index contributed by atoms with van der Waals surface area (Å²) in [7, 11) is -3.66. The number of sulfonamides is 1. The van der Waals surface area contributed by atoms with Crippen molar-refractivity contribution in [3.63, 3.8) is 0 Å². The van der Waals surface area contributed by atoms with Crippen LogP contribution in [-0.4, -0.2) is 36.7 Å². The summed E-state index contributed by atoms with van der Waals surface area (Å²) in [4.78, 5) is 17.0. The molecule has 6 nitrogen and oxygen atoms in total. The fourth-order valence-corrected chi connectivity index (χ4v) is 5.46. The van der Waals surface area contributed by atoms with E-state index in [1.165, 1.54) is 9.87 Å². The lowest BCUT2D eigenvalue weighted by Crippen LogP contribution is -2.42. The Bertz CT molecular complexity index is 1150. The van der Waals surface area contributed by atoms with Gasteiger partial charge in [0.2, 0.25) is 15.9 Å². The predicted octanol–water partition coefficient (Wildman–Crippen LogP) is 3.26. The molecule has 1 aliphatic rings. The Labute approximate surface area is 177 Å². The molecule has 0 saturated carbocycles. The number of piperidine rings is 1. The first-order chi connectivity index (χ1) is 14.4. The van der Waals surface area contributed by atoms with Gasteiger partial charge in [-0.15, -0.1) is 0 Å². The summed E-state index contributed by atoms with van der Waals surface area (Å²) in [5.74, 6) is -0.188. The molecule has 1 aliphatic heterocycles. The number of benzene rings is 2. The molecule has 0 spiro atoms. The summed E-state index contributed by atoms with van der Waals surface area (Å²) >= 11 is 0. The molecule has 1 amide bonds. The van der Waals surface area contributed by atoms with Crippen LogP contribution in [0.3, 0.4) is 0 Å². The molecule has 1 fully saturated rings. The van der Waals surface area contributed by atoms with Gasteiger partial charge in [-0.3, -0.25) is 9.78 Å². The zero-order valence-corrected chi connectivity index (χ0v) is 17.7. The van der Waals surface area contributed by atoms with Crippen LogP contribution in [0.5, 0.6) is 0 Å². The molecular weight excluding hydrogens is 398 g/mol. The fraction of sp³-hybridized carbons (Fsp3) is 0.304. The maximum absolute atomic E-state index is 13.2. The van der Waals surface area contributed by atoms with E-state index in [9.17, 15) is 13.2 Å². The second-order valence-electron chi connectivity index (χ2n) is 7.71. The summed E-state index contributed by atoms with van der Waals surface area (Å²) in [6, 6.07) is 16.9. The van der Waals surface area contributed by atoms with Crippen LogP contribution in [0.2, 0.25) is 0 Å². The Hall–Kier alpha value is -2.77. The van der Waals surface area contributed by atoms with Crippen molar-refractivity contribution in [2.24, 2.45) is 5.92 Å². The van der Waals surface area contributed by atoms with Crippen LogP contribution >= 0.6 is 0 Å². The van der Waals surface area contributed by atoms with Crippen LogP contribution in [0.1, 0.15) is 24.0 Å². The van der Waals surface area contributed by atoms with Crippen molar-refractivity contribution >= 4 is 26.8 Å². The minimum absolute atomic E-state index is 0.0144. The third kappa shape index (κ3) is 4.22. The van der Waals surface area contributed by atoms with Gasteiger partial charge in [-0.1, -0.05) is 48.0 Å². The lowest BCUT2D eigenvalue weighted by atomic mass is 9.97. The number of fused-ring (bicyclic) bond motifs is 1. The van der Waals surface area contributed by atoms with Gasteiger partial charge in [0.1, 0.15) is 4.90 Å². The third-order valence-corrected chi connectivity index (χ3v) is 7.56. The Morgan fingerprint density at radius 1 is 1.07 bits per heavy atom. The Balaban J connectivity index is 1.40. The normalized spacial score (nSPS) is 15.9. The summed E-state index contributed by atoms with van der Waals surface area (Å²) < 4.78 is 27.9. The van der Waals surface area contributed by atoms with Gasteiger partial charge < -0.3 is 5.32 Å². The molecule has 7 heteroatoms. The minimum Gasteiger partial charge on any atom is -0.352 e. The zero-order chi connectivity index (χ0) is 21.1. The Morgan fingerprint density at radius 2 is 1.77 bits per heavy atom. The van der Waals surface area contributed by atoms with Gasteiger partial charge in [-0.05, 0) is 37.5 Å². The summed E-state index contributed by atoms with van der Waals surface area (Å²) in [6.45, 7) is 3.17. The van der Waals surface area contributed by atoms with Gasteiger partial charge in [0.05, 0.1) is 5.52 Å². The summed E-state index contributed by atoms with van der Waals surface area (Å²) in [5.41, 5.74) is 2.72. The highest BCUT2D eigenvalue weighted by Crippen LogP contribution is 2.27. The number of nitrogens with one attached hydrogen (secondary N) is 1. The minimum atomic E-state index is -3.66. The van der Waals surface area contributed by atoms with Crippen LogP contribution in [0.15, 0.2) is 65.7 Å². The monoisotopic (exact) mass is 423 g/mol. The van der Waals surface area contributed by atoms with E-state index in [4.69, 9.17) is 0 Å². The average Bonchev–Trinajstić information content (AvgIpc) is 2.78. The Kier molecular flexibility index (Phi) is 5.83. The van der Waals surface area contributed by atoms with Gasteiger partial charge in [0.15, 0.2) is 0 Å². The number of carbonyl (C=O) groups is 1. The van der Waals surface area contributed by atoms with Crippen LogP contribution in [-0.2, 0) is 21.4 Å². The predicted molar refractivity (Wildman–Crippen MR) is 116 cm³/mol. The van der Waals surface area contributed by atoms with Crippen molar-refractivity contribution in [1.82, 2.24) is 14.6 Å². The molecule has 4 rings (SSSR count). The molecule has 3 aromatic rings. The van der Waals surface area contributed by atoms with Crippen molar-refractivity contribution in [3.05, 3.63) is 71.9 Å². The second-order valence-corrected chi connectivity index (χ2v) is 9.62. The average molecular weight is 424 g/mol. The first-order valence-corrected chi connectivity index (χ1v) is 11.6. The number of aromatic nitrogens is 1. The highest BCUT2D eigenvalue weighted by Gasteiger charge is 2.33. The number of amides is 1. The molecule has 156 valence electrons. The Morgan fingerprint density at radius 3 is 2.50 bits per heavy atom. The van der Waals surface area contributed by atoms with E-state index < -0.39 is 10.0 Å². The molecule has 1 N–H and O–H groups in total. The van der Waals surface area contributed by atoms with E-state index in [2.05, 4.69) is 10.3 Å². The van der Waals surface area contributed by atoms with Crippen molar-refractivity contribution < 1.29 is 13.2 Å². The smallest absolute Gasteiger partial charge is 0.245 e. The van der Waals surface area contributed by atoms with Crippen molar-refractivity contribution in [2.45, 2.75) is 31.2 Å². The van der Waals surface area contributed by atoms with E-state index >= 15 is 0 Å². The van der Waals surface area contributed by atoms with Crippen LogP contribution in [0, 0.1) is 12.8 Å². The van der Waals surface area contributed by atoms with Gasteiger partial charge in [-0.2, -0.15) is 4.31 Å². The molecule has 0 atom stereocenters. The first-order valence-electron chi connectivity index (χ1n) is 10.1. The summed E-state index contributed by atoms with van der Waals surface area (Å²) in [5, 5.41) is 3.78. The molecule has 0 bridgehead atoms. The van der Waals surface area contributed by atoms with E-state index in [0.717, 1.165) is 10.9 Å². The number of aryl methyl sites for hydroxylation is 1. The first kappa shape index (κ1) is 20.5. The fourth-order valence-electron chi connectivity index (χ4n) is 3.82. The van der Waals surface area contributed by atoms with Gasteiger partial charge in [-0.25, -0.2) is 8.42 Å². The van der Waals surface area contributed by atoms with E-state index in [1.54, 1.807) is 24.4 Å². The number of pyridine rings is 1. The molecule has 0 unspecified atom stereocenters. The maximum atomic E-state index is 13.2. The third-order valence-electron chi connectivity index (χ3n) is 5.63. The largest absolute Gasteiger partial charge is 0.352 e. The second kappa shape index (κ2) is 8.53. The SMILES string of the molecule is Cc1ccc(CNC(=O)C2CCN(S(=O)(=O)c3cccc4cccnc34)CC2)cc1. The lowest BCUT2D eigenvalue weighted by Gasteiger charge is -2.30. The van der Waals surface area contributed by atoms with Crippen LogP contribution in [0.25, 0.3) is 10.9 Å². The van der Waals surface area contributed by atoms with Crippen molar-refractivity contribution in [1.29, 1.82) is 0 Å². The molecule has 1 saturated heterocycles. The standard InChI is InChI=1S/C23H25N3O3S/c1-17-7-9-18(10-8-17)16-25-23(27)20-11-14-26(15-12-20)30(28,29)21-6-2-4-19-5-3-13-24-22(19)21/h2-10,13,20H,11-12,14-16H2,1H3,(H,25,27). The highest BCUT2D eigenvalue weighted by atomic mass is 32.2. The summed E-state index contributed by atoms with van der Waals surface area (Å²) in [6.07, 6.45) is 2.63. The molecule has 1 aromatic heterocycles. The van der Waals surface area contributed by atoms with Crippen molar-refractivity contribution in [2.75, 3.05) is 13.1 Å². The number of nitrogens with zero attached hydrogens (tertiary/aromatic N) is 2. The van der Waals surface area contributed by atoms with Gasteiger partial charge in [0, 0.05) is 37.1 Å². The number of rotatable bonds is 5. The van der Waals surface area contributed by atoms with Gasteiger partial charge in [0.25, 0.3) is 0 Å². The number of hydrogen-bond acceptors (Lipinski definition) is 4. The zero-order valence-electron chi connectivity index (χ0n) is 16.9. The maximum Gasteiger partial charge on any atom is 0.245 e. The quantitative estimate of drug-likeness (QED) is 0.683. The topological polar surface area (TPSA) is 79.4 Å². The number of carbonyl (C=O) groups excluding carboxylic acids is 1. The van der Waals surface area contributed by atoms with Crippen molar-refractivity contribution in [3.8, 4) is 0 Å².